The zero-order chi connectivity index (χ0) is 17.3. The van der Waals surface area contributed by atoms with Crippen LogP contribution in [0, 0.1) is 5.82 Å². The molecule has 0 saturated heterocycles. The van der Waals surface area contributed by atoms with Crippen LogP contribution in [0.2, 0.25) is 5.15 Å². The van der Waals surface area contributed by atoms with Crippen molar-refractivity contribution in [1.82, 2.24) is 9.97 Å². The summed E-state index contributed by atoms with van der Waals surface area (Å²) in [6.45, 7) is 2.72. The van der Waals surface area contributed by atoms with Crippen molar-refractivity contribution in [3.8, 4) is 0 Å². The fourth-order valence-electron chi connectivity index (χ4n) is 2.69. The predicted molar refractivity (Wildman–Crippen MR) is 92.3 cm³/mol. The van der Waals surface area contributed by atoms with Crippen LogP contribution in [-0.4, -0.2) is 35.6 Å². The van der Waals surface area contributed by atoms with Crippen LogP contribution < -0.4 is 15.1 Å². The Morgan fingerprint density at radius 3 is 2.96 bits per heavy atom. The van der Waals surface area contributed by atoms with Gasteiger partial charge >= 0.3 is 6.03 Å². The average molecular weight is 350 g/mol. The first-order chi connectivity index (χ1) is 11.5. The lowest BCUT2D eigenvalue weighted by Crippen LogP contribution is -2.42. The first kappa shape index (κ1) is 16.4. The molecule has 8 heteroatoms. The van der Waals surface area contributed by atoms with E-state index >= 15 is 0 Å². The fraction of sp³-hybridized carbons (Fsp3) is 0.312. The minimum atomic E-state index is -0.516. The smallest absolute Gasteiger partial charge is 0.327 e. The fourth-order valence-corrected chi connectivity index (χ4v) is 2.84. The number of carbonyl (C=O) groups excluding carboxylic acids is 1. The highest BCUT2D eigenvalue weighted by Crippen LogP contribution is 2.33. The number of nitrogens with zero attached hydrogens (tertiary/aromatic N) is 4. The lowest BCUT2D eigenvalue weighted by atomic mass is 10.2. The summed E-state index contributed by atoms with van der Waals surface area (Å²) in [6.07, 6.45) is 3.23. The Kier molecular flexibility index (Phi) is 4.53. The number of amides is 2. The Balaban J connectivity index is 1.97. The highest BCUT2D eigenvalue weighted by Gasteiger charge is 2.30. The first-order valence-corrected chi connectivity index (χ1v) is 7.92. The van der Waals surface area contributed by atoms with Crippen LogP contribution in [0.3, 0.4) is 0 Å². The Bertz CT molecular complexity index is 772. The predicted octanol–water partition coefficient (Wildman–Crippen LogP) is 3.54. The molecule has 2 aromatic rings. The summed E-state index contributed by atoms with van der Waals surface area (Å²) < 4.78 is 13.3. The standard InChI is InChI=1S/C16H17ClFN5O/c1-10-5-6-22(2)13-3-4-14(17)21-15(13)23(10)16(24)20-12-7-11(18)8-19-9-12/h3-4,7-10H,5-6H2,1-2H3,(H,20,24)/t10-/m1/s1. The Morgan fingerprint density at radius 1 is 1.42 bits per heavy atom. The third kappa shape index (κ3) is 3.26. The van der Waals surface area contributed by atoms with Crippen molar-refractivity contribution in [3.63, 3.8) is 0 Å². The van der Waals surface area contributed by atoms with Crippen LogP contribution >= 0.6 is 11.6 Å². The molecule has 1 atom stereocenters. The van der Waals surface area contributed by atoms with Crippen molar-refractivity contribution < 1.29 is 9.18 Å². The van der Waals surface area contributed by atoms with Crippen LogP contribution in [0.25, 0.3) is 0 Å². The molecule has 0 spiro atoms. The molecule has 3 heterocycles. The topological polar surface area (TPSA) is 61.4 Å². The largest absolute Gasteiger partial charge is 0.372 e. The van der Waals surface area contributed by atoms with Crippen molar-refractivity contribution in [2.45, 2.75) is 19.4 Å². The molecule has 0 saturated carbocycles. The summed E-state index contributed by atoms with van der Waals surface area (Å²) in [5.74, 6) is -0.0325. The molecule has 2 amide bonds. The lowest BCUT2D eigenvalue weighted by molar-refractivity contribution is 0.255. The summed E-state index contributed by atoms with van der Waals surface area (Å²) >= 11 is 6.03. The molecule has 0 fully saturated rings. The van der Waals surface area contributed by atoms with Crippen LogP contribution in [0.1, 0.15) is 13.3 Å². The minimum absolute atomic E-state index is 0.0961. The molecule has 24 heavy (non-hydrogen) atoms. The first-order valence-electron chi connectivity index (χ1n) is 7.54. The number of hydrogen-bond donors (Lipinski definition) is 1. The molecule has 1 aliphatic heterocycles. The van der Waals surface area contributed by atoms with Crippen molar-refractivity contribution in [1.29, 1.82) is 0 Å². The summed E-state index contributed by atoms with van der Waals surface area (Å²) in [6, 6.07) is 4.25. The molecule has 0 bridgehead atoms. The van der Waals surface area contributed by atoms with E-state index in [0.717, 1.165) is 24.8 Å². The number of urea groups is 1. The van der Waals surface area contributed by atoms with E-state index in [9.17, 15) is 9.18 Å². The Hall–Kier alpha value is -2.41. The van der Waals surface area contributed by atoms with E-state index in [4.69, 9.17) is 11.6 Å². The zero-order valence-corrected chi connectivity index (χ0v) is 14.1. The van der Waals surface area contributed by atoms with Gasteiger partial charge in [0.2, 0.25) is 0 Å². The van der Waals surface area contributed by atoms with Gasteiger partial charge in [-0.3, -0.25) is 9.88 Å². The second kappa shape index (κ2) is 6.60. The quantitative estimate of drug-likeness (QED) is 0.800. The van der Waals surface area contributed by atoms with Crippen LogP contribution in [0.15, 0.2) is 30.6 Å². The number of aromatic nitrogens is 2. The number of anilines is 3. The summed E-state index contributed by atoms with van der Waals surface area (Å²) in [5.41, 5.74) is 1.10. The number of rotatable bonds is 1. The summed E-state index contributed by atoms with van der Waals surface area (Å²) in [4.78, 5) is 24.4. The zero-order valence-electron chi connectivity index (χ0n) is 13.3. The monoisotopic (exact) mass is 349 g/mol. The molecule has 3 rings (SSSR count). The van der Waals surface area contributed by atoms with Gasteiger partial charge in [0.1, 0.15) is 11.0 Å². The molecule has 6 nitrogen and oxygen atoms in total. The van der Waals surface area contributed by atoms with E-state index in [-0.39, 0.29) is 11.7 Å². The lowest BCUT2D eigenvalue weighted by Gasteiger charge is -2.27. The normalized spacial score (nSPS) is 17.2. The van der Waals surface area contributed by atoms with Gasteiger partial charge < -0.3 is 10.2 Å². The van der Waals surface area contributed by atoms with E-state index in [1.54, 1.807) is 11.0 Å². The summed E-state index contributed by atoms with van der Waals surface area (Å²) in [7, 11) is 1.94. The highest BCUT2D eigenvalue weighted by molar-refractivity contribution is 6.29. The van der Waals surface area contributed by atoms with Crippen molar-refractivity contribution in [2.75, 3.05) is 28.7 Å². The van der Waals surface area contributed by atoms with Gasteiger partial charge in [0.05, 0.1) is 23.8 Å². The van der Waals surface area contributed by atoms with Crippen LogP contribution in [0.4, 0.5) is 26.4 Å². The number of fused-ring (bicyclic) bond motifs is 1. The average Bonchev–Trinajstić information content (AvgIpc) is 2.64. The molecule has 0 radical (unpaired) electrons. The minimum Gasteiger partial charge on any atom is -0.372 e. The molecular formula is C16H17ClFN5O. The maximum atomic E-state index is 13.3. The van der Waals surface area contributed by atoms with Gasteiger partial charge in [-0.2, -0.15) is 0 Å². The van der Waals surface area contributed by atoms with Gasteiger partial charge in [0.15, 0.2) is 5.82 Å². The van der Waals surface area contributed by atoms with E-state index in [1.165, 1.54) is 12.3 Å². The highest BCUT2D eigenvalue weighted by atomic mass is 35.5. The van der Waals surface area contributed by atoms with Gasteiger partial charge in [0, 0.05) is 25.7 Å². The second-order valence-electron chi connectivity index (χ2n) is 5.73. The van der Waals surface area contributed by atoms with Gasteiger partial charge in [-0.25, -0.2) is 14.2 Å². The summed E-state index contributed by atoms with van der Waals surface area (Å²) in [5, 5.41) is 2.98. The molecular weight excluding hydrogens is 333 g/mol. The number of pyridine rings is 2. The number of halogens is 2. The maximum Gasteiger partial charge on any atom is 0.327 e. The third-order valence-electron chi connectivity index (χ3n) is 3.96. The Labute approximate surface area is 144 Å². The van der Waals surface area contributed by atoms with Gasteiger partial charge in [-0.1, -0.05) is 11.6 Å². The maximum absolute atomic E-state index is 13.3. The SMILES string of the molecule is C[C@@H]1CCN(C)c2ccc(Cl)nc2N1C(=O)Nc1cncc(F)c1. The van der Waals surface area contributed by atoms with Crippen molar-refractivity contribution in [2.24, 2.45) is 0 Å². The molecule has 2 aromatic heterocycles. The van der Waals surface area contributed by atoms with E-state index in [1.807, 2.05) is 24.9 Å². The van der Waals surface area contributed by atoms with Crippen molar-refractivity contribution in [3.05, 3.63) is 41.6 Å². The molecule has 126 valence electrons. The van der Waals surface area contributed by atoms with Crippen LogP contribution in [0.5, 0.6) is 0 Å². The van der Waals surface area contributed by atoms with Gasteiger partial charge in [-0.05, 0) is 25.5 Å². The van der Waals surface area contributed by atoms with E-state index in [0.29, 0.717) is 11.0 Å². The number of nitrogens with one attached hydrogen (secondary N) is 1. The molecule has 1 aliphatic rings. The van der Waals surface area contributed by atoms with E-state index < -0.39 is 11.8 Å². The van der Waals surface area contributed by atoms with Crippen LogP contribution in [-0.2, 0) is 0 Å². The molecule has 0 unspecified atom stereocenters. The third-order valence-corrected chi connectivity index (χ3v) is 4.17. The molecule has 1 N–H and O–H groups in total. The number of carbonyl (C=O) groups is 1. The Morgan fingerprint density at radius 2 is 2.21 bits per heavy atom. The van der Waals surface area contributed by atoms with Gasteiger partial charge in [0.25, 0.3) is 0 Å². The molecule has 0 aliphatic carbocycles. The number of hydrogen-bond acceptors (Lipinski definition) is 4. The van der Waals surface area contributed by atoms with Gasteiger partial charge in [-0.15, -0.1) is 0 Å². The second-order valence-corrected chi connectivity index (χ2v) is 6.12. The molecule has 0 aromatic carbocycles. The van der Waals surface area contributed by atoms with Crippen molar-refractivity contribution >= 4 is 34.8 Å². The van der Waals surface area contributed by atoms with E-state index in [2.05, 4.69) is 15.3 Å².